The van der Waals surface area contributed by atoms with Crippen molar-refractivity contribution < 1.29 is 14.3 Å². The Hall–Kier alpha value is -3.71. The van der Waals surface area contributed by atoms with E-state index in [1.54, 1.807) is 44.4 Å². The van der Waals surface area contributed by atoms with Crippen LogP contribution in [-0.4, -0.2) is 23.8 Å². The van der Waals surface area contributed by atoms with Crippen LogP contribution in [0.1, 0.15) is 36.9 Å². The molecule has 2 heterocycles. The van der Waals surface area contributed by atoms with Crippen molar-refractivity contribution in [1.29, 1.82) is 0 Å². The lowest BCUT2D eigenvalue weighted by atomic mass is 10.0. The molecule has 1 amide bonds. The van der Waals surface area contributed by atoms with Gasteiger partial charge in [0.25, 0.3) is 5.91 Å². The van der Waals surface area contributed by atoms with Gasteiger partial charge in [0.15, 0.2) is 5.78 Å². The Labute approximate surface area is 183 Å². The molecule has 2 aromatic carbocycles. The first-order valence-corrected chi connectivity index (χ1v) is 10.5. The van der Waals surface area contributed by atoms with Gasteiger partial charge >= 0.3 is 0 Å². The molecule has 0 saturated heterocycles. The highest BCUT2D eigenvalue weighted by Crippen LogP contribution is 2.34. The number of nitrogens with zero attached hydrogens (tertiary/aromatic N) is 1. The fraction of sp³-hybridized carbons (Fsp3) is 0.125. The van der Waals surface area contributed by atoms with Crippen LogP contribution in [0.3, 0.4) is 0 Å². The number of pyridine rings is 1. The average Bonchev–Trinajstić information content (AvgIpc) is 3.09. The van der Waals surface area contributed by atoms with Crippen LogP contribution in [0.4, 0.5) is 11.4 Å². The topological polar surface area (TPSA) is 94.3 Å². The standard InChI is InChI=1S/C24H21N3O3S/c1-13-4-8-16(9-5-13)27-23(29)22-20(25)19-12-18(14(2)26-24(19)31-22)21(28)15-6-10-17(30-3)11-7-15/h4-12H,25H2,1-3H3,(H,27,29). The Morgan fingerprint density at radius 3 is 2.35 bits per heavy atom. The molecule has 3 N–H and O–H groups in total. The summed E-state index contributed by atoms with van der Waals surface area (Å²) in [4.78, 5) is 31.4. The minimum Gasteiger partial charge on any atom is -0.497 e. The zero-order valence-corrected chi connectivity index (χ0v) is 18.2. The van der Waals surface area contributed by atoms with Crippen molar-refractivity contribution in [3.8, 4) is 5.75 Å². The molecule has 0 aliphatic heterocycles. The third kappa shape index (κ3) is 4.00. The molecule has 4 rings (SSSR count). The van der Waals surface area contributed by atoms with E-state index in [1.807, 2.05) is 31.2 Å². The van der Waals surface area contributed by atoms with Crippen molar-refractivity contribution in [3.05, 3.63) is 81.9 Å². The fourth-order valence-electron chi connectivity index (χ4n) is 3.25. The quantitative estimate of drug-likeness (QED) is 0.434. The van der Waals surface area contributed by atoms with Gasteiger partial charge in [0.05, 0.1) is 18.5 Å². The van der Waals surface area contributed by atoms with Crippen molar-refractivity contribution >= 4 is 44.6 Å². The number of fused-ring (bicyclic) bond motifs is 1. The number of ether oxygens (including phenoxy) is 1. The molecule has 0 fully saturated rings. The SMILES string of the molecule is COc1ccc(C(=O)c2cc3c(N)c(C(=O)Nc4ccc(C)cc4)sc3nc2C)cc1. The second-order valence-electron chi connectivity index (χ2n) is 7.20. The molecule has 0 radical (unpaired) electrons. The first kappa shape index (κ1) is 20.6. The number of thiophene rings is 1. The van der Waals surface area contributed by atoms with Gasteiger partial charge < -0.3 is 15.8 Å². The summed E-state index contributed by atoms with van der Waals surface area (Å²) in [6, 6.07) is 16.1. The second-order valence-corrected chi connectivity index (χ2v) is 8.20. The van der Waals surface area contributed by atoms with Crippen LogP contribution < -0.4 is 15.8 Å². The molecule has 31 heavy (non-hydrogen) atoms. The van der Waals surface area contributed by atoms with Gasteiger partial charge in [0.1, 0.15) is 15.5 Å². The van der Waals surface area contributed by atoms with Gasteiger partial charge in [-0.25, -0.2) is 4.98 Å². The van der Waals surface area contributed by atoms with Crippen molar-refractivity contribution in [1.82, 2.24) is 4.98 Å². The largest absolute Gasteiger partial charge is 0.497 e. The smallest absolute Gasteiger partial charge is 0.267 e. The van der Waals surface area contributed by atoms with E-state index in [0.717, 1.165) is 5.56 Å². The number of nitrogen functional groups attached to an aromatic ring is 1. The van der Waals surface area contributed by atoms with Crippen LogP contribution in [0.5, 0.6) is 5.75 Å². The summed E-state index contributed by atoms with van der Waals surface area (Å²) in [6.45, 7) is 3.76. The predicted octanol–water partition coefficient (Wildman–Crippen LogP) is 4.99. The van der Waals surface area contributed by atoms with Crippen molar-refractivity contribution in [2.24, 2.45) is 0 Å². The molecule has 0 spiro atoms. The molecule has 0 atom stereocenters. The Kier molecular flexibility index (Phi) is 5.44. The number of carbonyl (C=O) groups excluding carboxylic acids is 2. The number of benzene rings is 2. The number of aromatic nitrogens is 1. The Bertz CT molecular complexity index is 1290. The summed E-state index contributed by atoms with van der Waals surface area (Å²) in [6.07, 6.45) is 0. The van der Waals surface area contributed by atoms with Crippen molar-refractivity contribution in [2.45, 2.75) is 13.8 Å². The summed E-state index contributed by atoms with van der Waals surface area (Å²) >= 11 is 1.21. The monoisotopic (exact) mass is 431 g/mol. The molecule has 156 valence electrons. The number of nitrogens with one attached hydrogen (secondary N) is 1. The first-order valence-electron chi connectivity index (χ1n) is 9.63. The number of aryl methyl sites for hydroxylation is 2. The minimum absolute atomic E-state index is 0.161. The van der Waals surface area contributed by atoms with Crippen LogP contribution >= 0.6 is 11.3 Å². The third-order valence-corrected chi connectivity index (χ3v) is 6.14. The summed E-state index contributed by atoms with van der Waals surface area (Å²) in [5.41, 5.74) is 9.97. The summed E-state index contributed by atoms with van der Waals surface area (Å²) in [5, 5.41) is 3.46. The van der Waals surface area contributed by atoms with Crippen LogP contribution in [-0.2, 0) is 0 Å². The number of ketones is 1. The van der Waals surface area contributed by atoms with Gasteiger partial charge in [-0.1, -0.05) is 17.7 Å². The lowest BCUT2D eigenvalue weighted by Crippen LogP contribution is -2.11. The maximum atomic E-state index is 13.0. The summed E-state index contributed by atoms with van der Waals surface area (Å²) in [5.74, 6) is 0.212. The normalized spacial score (nSPS) is 10.8. The molecule has 2 aromatic heterocycles. The summed E-state index contributed by atoms with van der Waals surface area (Å²) in [7, 11) is 1.57. The molecule has 0 unspecified atom stereocenters. The number of carbonyl (C=O) groups is 2. The van der Waals surface area contributed by atoms with Crippen LogP contribution in [0, 0.1) is 13.8 Å². The molecule has 0 aliphatic rings. The zero-order chi connectivity index (χ0) is 22.1. The highest BCUT2D eigenvalue weighted by Gasteiger charge is 2.21. The third-order valence-electron chi connectivity index (χ3n) is 5.02. The molecule has 7 heteroatoms. The Morgan fingerprint density at radius 2 is 1.71 bits per heavy atom. The molecule has 0 saturated carbocycles. The second kappa shape index (κ2) is 8.20. The first-order chi connectivity index (χ1) is 14.9. The highest BCUT2D eigenvalue weighted by atomic mass is 32.1. The van der Waals surface area contributed by atoms with Crippen LogP contribution in [0.25, 0.3) is 10.2 Å². The van der Waals surface area contributed by atoms with E-state index in [9.17, 15) is 9.59 Å². The van der Waals surface area contributed by atoms with Gasteiger partial charge in [0, 0.05) is 22.2 Å². The van der Waals surface area contributed by atoms with Crippen molar-refractivity contribution in [2.75, 3.05) is 18.2 Å². The molecular formula is C24H21N3O3S. The molecule has 0 aliphatic carbocycles. The van der Waals surface area contributed by atoms with Gasteiger partial charge in [-0.3, -0.25) is 9.59 Å². The lowest BCUT2D eigenvalue weighted by molar-refractivity contribution is 0.102. The number of amides is 1. The molecular weight excluding hydrogens is 410 g/mol. The predicted molar refractivity (Wildman–Crippen MR) is 124 cm³/mol. The molecule has 0 bridgehead atoms. The highest BCUT2D eigenvalue weighted by molar-refractivity contribution is 7.21. The number of hydrogen-bond acceptors (Lipinski definition) is 6. The number of nitrogens with two attached hydrogens (primary N) is 1. The van der Waals surface area contributed by atoms with Crippen LogP contribution in [0.15, 0.2) is 54.6 Å². The van der Waals surface area contributed by atoms with E-state index in [0.29, 0.717) is 49.0 Å². The summed E-state index contributed by atoms with van der Waals surface area (Å²) < 4.78 is 5.15. The Morgan fingerprint density at radius 1 is 1.03 bits per heavy atom. The minimum atomic E-state index is -0.301. The van der Waals surface area contributed by atoms with Crippen LogP contribution in [0.2, 0.25) is 0 Å². The van der Waals surface area contributed by atoms with Gasteiger partial charge in [-0.05, 0) is 56.3 Å². The van der Waals surface area contributed by atoms with E-state index < -0.39 is 0 Å². The van der Waals surface area contributed by atoms with E-state index in [2.05, 4.69) is 10.3 Å². The fourth-order valence-corrected chi connectivity index (χ4v) is 4.27. The lowest BCUT2D eigenvalue weighted by Gasteiger charge is -2.06. The van der Waals surface area contributed by atoms with E-state index in [4.69, 9.17) is 10.5 Å². The molecule has 6 nitrogen and oxygen atoms in total. The van der Waals surface area contributed by atoms with Crippen molar-refractivity contribution in [3.63, 3.8) is 0 Å². The van der Waals surface area contributed by atoms with E-state index >= 15 is 0 Å². The number of rotatable bonds is 5. The number of hydrogen-bond donors (Lipinski definition) is 2. The van der Waals surface area contributed by atoms with Gasteiger partial charge in [-0.15, -0.1) is 11.3 Å². The zero-order valence-electron chi connectivity index (χ0n) is 17.4. The molecule has 4 aromatic rings. The number of methoxy groups -OCH3 is 1. The number of anilines is 2. The van der Waals surface area contributed by atoms with Gasteiger partial charge in [0.2, 0.25) is 0 Å². The average molecular weight is 432 g/mol. The van der Waals surface area contributed by atoms with Gasteiger partial charge in [-0.2, -0.15) is 0 Å². The maximum absolute atomic E-state index is 13.0. The maximum Gasteiger partial charge on any atom is 0.267 e. The Balaban J connectivity index is 1.68. The van der Waals surface area contributed by atoms with E-state index in [-0.39, 0.29) is 11.7 Å². The van der Waals surface area contributed by atoms with E-state index in [1.165, 1.54) is 11.3 Å².